The number of piperidine rings is 2. The van der Waals surface area contributed by atoms with Crippen LogP contribution in [-0.2, 0) is 22.7 Å². The number of nitrogens with one attached hydrogen (secondary N) is 2. The fourth-order valence-electron chi connectivity index (χ4n) is 5.18. The third-order valence-corrected chi connectivity index (χ3v) is 6.46. The molecule has 2 bridgehead atoms. The lowest BCUT2D eigenvalue weighted by atomic mass is 9.72. The average molecular weight is 361 g/mol. The molecule has 0 radical (unpaired) electrons. The van der Waals surface area contributed by atoms with Crippen molar-refractivity contribution in [1.82, 2.24) is 15.5 Å². The molecule has 6 rings (SSSR count). The number of amides is 2. The fraction of sp³-hybridized carbons (Fsp3) is 0.579. The molecular weight excluding hydrogens is 340 g/mol. The van der Waals surface area contributed by atoms with E-state index in [2.05, 4.69) is 10.6 Å². The Balaban J connectivity index is 1.45. The van der Waals surface area contributed by atoms with Crippen LogP contribution in [0.5, 0.6) is 0 Å². The Kier molecular flexibility index (Phi) is 3.66. The van der Waals surface area contributed by atoms with Crippen LogP contribution in [0, 0.1) is 11.6 Å². The average Bonchev–Trinajstić information content (AvgIpc) is 3.02. The summed E-state index contributed by atoms with van der Waals surface area (Å²) < 4.78 is 28.7. The normalized spacial score (nSPS) is 33.6. The maximum atomic E-state index is 14.5. The van der Waals surface area contributed by atoms with Crippen LogP contribution in [0.25, 0.3) is 0 Å². The number of hydrogen-bond acceptors (Lipinski definition) is 4. The lowest BCUT2D eigenvalue weighted by Crippen LogP contribution is -2.57. The summed E-state index contributed by atoms with van der Waals surface area (Å²) in [6.45, 7) is 0.656. The van der Waals surface area contributed by atoms with E-state index >= 15 is 0 Å². The molecule has 1 aromatic carbocycles. The molecule has 4 fully saturated rings. The molecule has 26 heavy (non-hydrogen) atoms. The summed E-state index contributed by atoms with van der Waals surface area (Å²) in [6, 6.07) is 1.87. The molecule has 0 aromatic heterocycles. The fourth-order valence-corrected chi connectivity index (χ4v) is 5.18. The summed E-state index contributed by atoms with van der Waals surface area (Å²) in [4.78, 5) is 25.4. The zero-order valence-electron chi connectivity index (χ0n) is 14.4. The van der Waals surface area contributed by atoms with Gasteiger partial charge in [-0.1, -0.05) is 0 Å². The Hall–Kier alpha value is -1.86. The molecule has 138 valence electrons. The van der Waals surface area contributed by atoms with Crippen molar-refractivity contribution in [3.05, 3.63) is 34.4 Å². The van der Waals surface area contributed by atoms with Crippen LogP contribution >= 0.6 is 0 Å². The molecule has 3 saturated heterocycles. The number of carbonyl (C=O) groups is 2. The van der Waals surface area contributed by atoms with Crippen LogP contribution in [0.3, 0.4) is 0 Å². The lowest BCUT2D eigenvalue weighted by molar-refractivity contribution is -0.137. The van der Waals surface area contributed by atoms with Gasteiger partial charge < -0.3 is 5.32 Å². The molecule has 3 atom stereocenters. The van der Waals surface area contributed by atoms with E-state index in [9.17, 15) is 18.4 Å². The monoisotopic (exact) mass is 361 g/mol. The van der Waals surface area contributed by atoms with Gasteiger partial charge in [0.2, 0.25) is 11.8 Å². The molecule has 2 amide bonds. The number of fused-ring (bicyclic) bond motifs is 3. The van der Waals surface area contributed by atoms with E-state index in [1.54, 1.807) is 0 Å². The Bertz CT molecular complexity index is 796. The highest BCUT2D eigenvalue weighted by atomic mass is 19.2. The van der Waals surface area contributed by atoms with Crippen LogP contribution in [0.2, 0.25) is 0 Å². The Morgan fingerprint density at radius 2 is 1.73 bits per heavy atom. The predicted molar refractivity (Wildman–Crippen MR) is 89.1 cm³/mol. The van der Waals surface area contributed by atoms with Gasteiger partial charge in [0.25, 0.3) is 0 Å². The largest absolute Gasteiger partial charge is 0.311 e. The molecular formula is C19H21F2N3O2. The van der Waals surface area contributed by atoms with Gasteiger partial charge in [-0.15, -0.1) is 0 Å². The molecule has 3 unspecified atom stereocenters. The molecule has 1 aromatic rings. The molecule has 0 spiro atoms. The second-order valence-electron chi connectivity index (χ2n) is 8.06. The van der Waals surface area contributed by atoms with Crippen molar-refractivity contribution in [2.75, 3.05) is 0 Å². The maximum absolute atomic E-state index is 14.5. The van der Waals surface area contributed by atoms with E-state index in [1.165, 1.54) is 12.5 Å². The highest BCUT2D eigenvalue weighted by Gasteiger charge is 2.42. The zero-order valence-corrected chi connectivity index (χ0v) is 14.4. The quantitative estimate of drug-likeness (QED) is 0.787. The van der Waals surface area contributed by atoms with Gasteiger partial charge in [-0.25, -0.2) is 8.78 Å². The first kappa shape index (κ1) is 16.3. The van der Waals surface area contributed by atoms with Crippen molar-refractivity contribution in [1.29, 1.82) is 0 Å². The highest BCUT2D eigenvalue weighted by Crippen LogP contribution is 2.43. The SMILES string of the molecule is O=C1CCC(N2Cc3c(C4CC5CC(C4)N5)cc(F)c(F)c3C2)C(=O)N1. The summed E-state index contributed by atoms with van der Waals surface area (Å²) in [5, 5.41) is 5.83. The minimum absolute atomic E-state index is 0.218. The van der Waals surface area contributed by atoms with Gasteiger partial charge in [0, 0.05) is 37.2 Å². The lowest BCUT2D eigenvalue weighted by Gasteiger charge is -2.47. The molecule has 7 heteroatoms. The number of rotatable bonds is 2. The van der Waals surface area contributed by atoms with E-state index in [1.807, 2.05) is 4.90 Å². The summed E-state index contributed by atoms with van der Waals surface area (Å²) in [7, 11) is 0. The molecule has 5 nitrogen and oxygen atoms in total. The van der Waals surface area contributed by atoms with Gasteiger partial charge in [0.15, 0.2) is 11.6 Å². The second-order valence-corrected chi connectivity index (χ2v) is 8.06. The first-order chi connectivity index (χ1) is 12.5. The van der Waals surface area contributed by atoms with Gasteiger partial charge in [-0.05, 0) is 48.8 Å². The number of imide groups is 1. The summed E-state index contributed by atoms with van der Waals surface area (Å²) in [5.74, 6) is -1.95. The van der Waals surface area contributed by atoms with Gasteiger partial charge >= 0.3 is 0 Å². The van der Waals surface area contributed by atoms with Crippen molar-refractivity contribution in [2.24, 2.45) is 0 Å². The molecule has 5 aliphatic rings. The van der Waals surface area contributed by atoms with Crippen molar-refractivity contribution >= 4 is 11.8 Å². The molecule has 1 aliphatic carbocycles. The zero-order chi connectivity index (χ0) is 18.0. The molecule has 4 aliphatic heterocycles. The number of halogens is 2. The Morgan fingerprint density at radius 1 is 1.04 bits per heavy atom. The first-order valence-electron chi connectivity index (χ1n) is 9.33. The summed E-state index contributed by atoms with van der Waals surface area (Å²) in [6.07, 6.45) is 3.78. The minimum Gasteiger partial charge on any atom is -0.311 e. The summed E-state index contributed by atoms with van der Waals surface area (Å²) in [5.41, 5.74) is 2.14. The molecule has 2 N–H and O–H groups in total. The Morgan fingerprint density at radius 3 is 2.42 bits per heavy atom. The number of carbonyl (C=O) groups excluding carboxylic acids is 2. The van der Waals surface area contributed by atoms with Crippen LogP contribution in [0.1, 0.15) is 54.7 Å². The van der Waals surface area contributed by atoms with Crippen molar-refractivity contribution < 1.29 is 18.4 Å². The van der Waals surface area contributed by atoms with E-state index < -0.39 is 17.7 Å². The topological polar surface area (TPSA) is 61.4 Å². The standard InChI is InChI=1S/C19H21F2N3O2/c20-15-6-12(9-3-10-5-11(4-9)22-10)13-7-24(8-14(13)18(15)21)16-1-2-17(25)23-19(16)26/h6,9-11,16,22H,1-5,7-8H2,(H,23,25,26). The van der Waals surface area contributed by atoms with E-state index in [-0.39, 0.29) is 30.7 Å². The number of nitrogens with zero attached hydrogens (tertiary/aromatic N) is 1. The van der Waals surface area contributed by atoms with Crippen molar-refractivity contribution in [3.63, 3.8) is 0 Å². The van der Waals surface area contributed by atoms with Crippen LogP contribution in [0.4, 0.5) is 8.78 Å². The van der Waals surface area contributed by atoms with Gasteiger partial charge in [-0.2, -0.15) is 0 Å². The number of hydrogen-bond donors (Lipinski definition) is 2. The molecule has 1 saturated carbocycles. The first-order valence-corrected chi connectivity index (χ1v) is 9.33. The summed E-state index contributed by atoms with van der Waals surface area (Å²) >= 11 is 0. The van der Waals surface area contributed by atoms with Crippen LogP contribution in [0.15, 0.2) is 6.07 Å². The second kappa shape index (κ2) is 5.82. The number of benzene rings is 1. The van der Waals surface area contributed by atoms with Gasteiger partial charge in [0.05, 0.1) is 6.04 Å². The van der Waals surface area contributed by atoms with Gasteiger partial charge in [-0.3, -0.25) is 19.8 Å². The smallest absolute Gasteiger partial charge is 0.243 e. The van der Waals surface area contributed by atoms with Crippen molar-refractivity contribution in [2.45, 2.75) is 69.2 Å². The predicted octanol–water partition coefficient (Wildman–Crippen LogP) is 1.69. The highest BCUT2D eigenvalue weighted by molar-refractivity contribution is 6.00. The van der Waals surface area contributed by atoms with Crippen LogP contribution in [-0.4, -0.2) is 34.8 Å². The third-order valence-electron chi connectivity index (χ3n) is 6.46. The van der Waals surface area contributed by atoms with Gasteiger partial charge in [0.1, 0.15) is 0 Å². The minimum atomic E-state index is -0.795. The third kappa shape index (κ3) is 2.48. The van der Waals surface area contributed by atoms with E-state index in [0.717, 1.165) is 24.0 Å². The van der Waals surface area contributed by atoms with E-state index in [4.69, 9.17) is 0 Å². The van der Waals surface area contributed by atoms with Crippen LogP contribution < -0.4 is 10.6 Å². The van der Waals surface area contributed by atoms with E-state index in [0.29, 0.717) is 30.6 Å². The van der Waals surface area contributed by atoms with Crippen molar-refractivity contribution in [3.8, 4) is 0 Å². The Labute approximate surface area is 150 Å². The maximum Gasteiger partial charge on any atom is 0.243 e. The molecule has 4 heterocycles.